The molecule has 2 heterocycles. The molecule has 2 N–H and O–H groups in total. The van der Waals surface area contributed by atoms with Crippen LogP contribution in [0.5, 0.6) is 5.75 Å². The van der Waals surface area contributed by atoms with Crippen LogP contribution in [0.2, 0.25) is 10.0 Å². The van der Waals surface area contributed by atoms with E-state index in [4.69, 9.17) is 32.7 Å². The number of carbonyl (C=O) groups excluding carboxylic acids is 1. The Bertz CT molecular complexity index is 1360. The summed E-state index contributed by atoms with van der Waals surface area (Å²) in [6, 6.07) is 3.18. The molecule has 1 aromatic carbocycles. The molecule has 14 heteroatoms. The molecule has 0 unspecified atom stereocenters. The molecule has 2 aromatic rings. The topological polar surface area (TPSA) is 126 Å². The minimum atomic E-state index is -3.31. The van der Waals surface area contributed by atoms with Gasteiger partial charge in [-0.1, -0.05) is 29.6 Å². The highest BCUT2D eigenvalue weighted by Crippen LogP contribution is 2.36. The number of amides is 1. The van der Waals surface area contributed by atoms with Crippen LogP contribution >= 0.6 is 23.2 Å². The van der Waals surface area contributed by atoms with Gasteiger partial charge in [0.15, 0.2) is 0 Å². The number of ether oxygens (including phenoxy) is 2. The predicted molar refractivity (Wildman–Crippen MR) is 165 cm³/mol. The average Bonchev–Trinajstić information content (AvgIpc) is 3.41. The highest BCUT2D eigenvalue weighted by Gasteiger charge is 2.35. The van der Waals surface area contributed by atoms with E-state index < -0.39 is 10.0 Å². The van der Waals surface area contributed by atoms with Gasteiger partial charge < -0.3 is 25.0 Å². The molecule has 1 aliphatic heterocycles. The zero-order valence-corrected chi connectivity index (χ0v) is 26.9. The Kier molecular flexibility index (Phi) is 11.3. The molecular formula is C28H40Cl2N6O5S. The lowest BCUT2D eigenvalue weighted by molar-refractivity contribution is 0.0892. The van der Waals surface area contributed by atoms with Crippen molar-refractivity contribution >= 4 is 50.8 Å². The van der Waals surface area contributed by atoms with Crippen molar-refractivity contribution in [3.8, 4) is 5.75 Å². The standard InChI is InChI=1S/C28H40Cl2N6O5S/c1-35(42(4,38)39)25-7-5-6-18(25)14-23-22(30)17-31-28(33-23)34-24-16-21(29)20(15-26(24)41-3)27(37)32-19-8-10-36(11-9-19)12-13-40-2/h15-19,25H,5-14H2,1-4H3,(H,32,37)(H,31,33,34)/t18-,25+/m0/s1. The Hall–Kier alpha value is -2.22. The van der Waals surface area contributed by atoms with Crippen LogP contribution in [0, 0.1) is 5.92 Å². The van der Waals surface area contributed by atoms with Crippen LogP contribution in [0.15, 0.2) is 18.3 Å². The quantitative estimate of drug-likeness (QED) is 0.353. The van der Waals surface area contributed by atoms with Crippen molar-refractivity contribution in [1.82, 2.24) is 24.5 Å². The average molecular weight is 644 g/mol. The van der Waals surface area contributed by atoms with Crippen molar-refractivity contribution in [3.05, 3.63) is 39.6 Å². The number of aromatic nitrogens is 2. The van der Waals surface area contributed by atoms with E-state index in [1.54, 1.807) is 26.3 Å². The molecule has 2 atom stereocenters. The monoisotopic (exact) mass is 642 g/mol. The lowest BCUT2D eigenvalue weighted by Gasteiger charge is -2.32. The van der Waals surface area contributed by atoms with E-state index in [1.165, 1.54) is 23.9 Å². The third-order valence-corrected chi connectivity index (χ3v) is 10.1. The third-order valence-electron chi connectivity index (χ3n) is 8.20. The van der Waals surface area contributed by atoms with Crippen molar-refractivity contribution in [2.45, 2.75) is 50.6 Å². The van der Waals surface area contributed by atoms with Crippen molar-refractivity contribution in [3.63, 3.8) is 0 Å². The lowest BCUT2D eigenvalue weighted by Crippen LogP contribution is -2.45. The first-order chi connectivity index (χ1) is 20.0. The van der Waals surface area contributed by atoms with Gasteiger partial charge in [-0.25, -0.2) is 22.7 Å². The highest BCUT2D eigenvalue weighted by molar-refractivity contribution is 7.88. The zero-order valence-electron chi connectivity index (χ0n) is 24.5. The van der Waals surface area contributed by atoms with Gasteiger partial charge in [-0.15, -0.1) is 0 Å². The van der Waals surface area contributed by atoms with Gasteiger partial charge >= 0.3 is 0 Å². The van der Waals surface area contributed by atoms with Crippen LogP contribution in [0.1, 0.15) is 48.2 Å². The van der Waals surface area contributed by atoms with Gasteiger partial charge in [-0.05, 0) is 50.2 Å². The fraction of sp³-hybridized carbons (Fsp3) is 0.607. The molecule has 232 valence electrons. The lowest BCUT2D eigenvalue weighted by atomic mass is 9.97. The van der Waals surface area contributed by atoms with Crippen molar-refractivity contribution in [2.75, 3.05) is 59.1 Å². The number of halogens is 2. The molecule has 1 saturated carbocycles. The molecule has 2 aliphatic rings. The Labute approximate surface area is 258 Å². The fourth-order valence-electron chi connectivity index (χ4n) is 5.73. The van der Waals surface area contributed by atoms with E-state index in [0.717, 1.165) is 51.7 Å². The van der Waals surface area contributed by atoms with Gasteiger partial charge in [-0.2, -0.15) is 0 Å². The van der Waals surface area contributed by atoms with Gasteiger partial charge in [-0.3, -0.25) is 4.79 Å². The molecule has 1 aliphatic carbocycles. The summed E-state index contributed by atoms with van der Waals surface area (Å²) < 4.78 is 36.5. The smallest absolute Gasteiger partial charge is 0.253 e. The number of hydrogen-bond donors (Lipinski definition) is 2. The highest BCUT2D eigenvalue weighted by atomic mass is 35.5. The van der Waals surface area contributed by atoms with Gasteiger partial charge in [0, 0.05) is 45.9 Å². The molecule has 4 rings (SSSR count). The number of methoxy groups -OCH3 is 2. The molecule has 0 radical (unpaired) electrons. The van der Waals surface area contributed by atoms with Gasteiger partial charge in [0.1, 0.15) is 5.75 Å². The summed E-state index contributed by atoms with van der Waals surface area (Å²) in [5.74, 6) is 0.525. The first kappa shape index (κ1) is 32.7. The van der Waals surface area contributed by atoms with Crippen LogP contribution in [0.3, 0.4) is 0 Å². The van der Waals surface area contributed by atoms with Crippen molar-refractivity contribution in [2.24, 2.45) is 5.92 Å². The SMILES string of the molecule is COCCN1CCC(NC(=O)c2cc(OC)c(Nc3ncc(Cl)c(C[C@@H]4CCC[C@H]4N(C)S(C)(=O)=O)n3)cc2Cl)CC1. The number of likely N-dealkylation sites (tertiary alicyclic amines) is 1. The van der Waals surface area contributed by atoms with E-state index in [1.807, 2.05) is 0 Å². The summed E-state index contributed by atoms with van der Waals surface area (Å²) in [4.78, 5) is 24.4. The summed E-state index contributed by atoms with van der Waals surface area (Å²) in [6.45, 7) is 3.37. The van der Waals surface area contributed by atoms with Gasteiger partial charge in [0.2, 0.25) is 16.0 Å². The summed E-state index contributed by atoms with van der Waals surface area (Å²) in [5, 5.41) is 6.92. The van der Waals surface area contributed by atoms with Crippen LogP contribution in [-0.4, -0.2) is 99.3 Å². The van der Waals surface area contributed by atoms with Crippen LogP contribution in [0.25, 0.3) is 0 Å². The van der Waals surface area contributed by atoms with Gasteiger partial charge in [0.05, 0.1) is 53.2 Å². The Morgan fingerprint density at radius 2 is 1.88 bits per heavy atom. The van der Waals surface area contributed by atoms with E-state index in [-0.39, 0.29) is 34.9 Å². The van der Waals surface area contributed by atoms with Crippen LogP contribution < -0.4 is 15.4 Å². The number of hydrogen-bond acceptors (Lipinski definition) is 9. The molecule has 0 spiro atoms. The second-order valence-electron chi connectivity index (χ2n) is 11.0. The number of rotatable bonds is 12. The number of sulfonamides is 1. The fourth-order valence-corrected chi connectivity index (χ4v) is 6.92. The molecule has 42 heavy (non-hydrogen) atoms. The Morgan fingerprint density at radius 1 is 1.14 bits per heavy atom. The van der Waals surface area contributed by atoms with E-state index in [0.29, 0.717) is 40.7 Å². The number of nitrogens with one attached hydrogen (secondary N) is 2. The summed E-state index contributed by atoms with van der Waals surface area (Å²) >= 11 is 13.0. The van der Waals surface area contributed by atoms with E-state index in [2.05, 4.69) is 25.5 Å². The Morgan fingerprint density at radius 3 is 2.55 bits per heavy atom. The number of carbonyl (C=O) groups is 1. The zero-order chi connectivity index (χ0) is 30.4. The first-order valence-electron chi connectivity index (χ1n) is 14.1. The maximum absolute atomic E-state index is 13.1. The number of nitrogens with zero attached hydrogens (tertiary/aromatic N) is 4. The van der Waals surface area contributed by atoms with Crippen molar-refractivity contribution < 1.29 is 22.7 Å². The van der Waals surface area contributed by atoms with E-state index in [9.17, 15) is 13.2 Å². The molecule has 1 amide bonds. The normalized spacial score (nSPS) is 20.2. The minimum Gasteiger partial charge on any atom is -0.495 e. The summed E-state index contributed by atoms with van der Waals surface area (Å²) in [7, 11) is 1.52. The third kappa shape index (κ3) is 8.23. The number of anilines is 2. The Balaban J connectivity index is 1.44. The number of piperidine rings is 1. The largest absolute Gasteiger partial charge is 0.495 e. The summed E-state index contributed by atoms with van der Waals surface area (Å²) in [6.07, 6.45) is 7.59. The second-order valence-corrected chi connectivity index (χ2v) is 13.8. The van der Waals surface area contributed by atoms with E-state index >= 15 is 0 Å². The van der Waals surface area contributed by atoms with Crippen molar-refractivity contribution in [1.29, 1.82) is 0 Å². The molecule has 11 nitrogen and oxygen atoms in total. The molecule has 2 fully saturated rings. The molecule has 1 saturated heterocycles. The summed E-state index contributed by atoms with van der Waals surface area (Å²) in [5.41, 5.74) is 1.44. The molecule has 0 bridgehead atoms. The number of benzene rings is 1. The molecular weight excluding hydrogens is 603 g/mol. The maximum atomic E-state index is 13.1. The minimum absolute atomic E-state index is 0.0636. The van der Waals surface area contributed by atoms with Crippen LogP contribution in [0.4, 0.5) is 11.6 Å². The van der Waals surface area contributed by atoms with Gasteiger partial charge in [0.25, 0.3) is 5.91 Å². The van der Waals surface area contributed by atoms with Crippen LogP contribution in [-0.2, 0) is 21.2 Å². The first-order valence-corrected chi connectivity index (χ1v) is 16.7. The molecule has 1 aromatic heterocycles. The maximum Gasteiger partial charge on any atom is 0.253 e. The predicted octanol–water partition coefficient (Wildman–Crippen LogP) is 3.98. The second kappa shape index (κ2) is 14.5.